The van der Waals surface area contributed by atoms with Crippen molar-refractivity contribution in [3.05, 3.63) is 43.0 Å². The van der Waals surface area contributed by atoms with Crippen LogP contribution in [-0.2, 0) is 9.53 Å². The van der Waals surface area contributed by atoms with E-state index in [0.717, 1.165) is 11.4 Å². The van der Waals surface area contributed by atoms with Crippen LogP contribution in [0.1, 0.15) is 0 Å². The summed E-state index contributed by atoms with van der Waals surface area (Å²) in [6.45, 7) is 1.76. The summed E-state index contributed by atoms with van der Waals surface area (Å²) in [6, 6.07) is 7.33. The molecule has 6 nitrogen and oxygen atoms in total. The summed E-state index contributed by atoms with van der Waals surface area (Å²) in [6.07, 6.45) is 5.30. The second-order valence-electron chi connectivity index (χ2n) is 4.59. The molecule has 1 aromatic heterocycles. The van der Waals surface area contributed by atoms with Crippen molar-refractivity contribution in [2.45, 2.75) is 6.04 Å². The number of amides is 1. The summed E-state index contributed by atoms with van der Waals surface area (Å²) < 4.78 is 7.17. The Balaban J connectivity index is 0.00000121. The van der Waals surface area contributed by atoms with Gasteiger partial charge in [0.25, 0.3) is 0 Å². The highest BCUT2D eigenvalue weighted by atomic mass is 35.5. The van der Waals surface area contributed by atoms with Crippen molar-refractivity contribution >= 4 is 36.4 Å². The van der Waals surface area contributed by atoms with Gasteiger partial charge in [-0.2, -0.15) is 0 Å². The maximum absolute atomic E-state index is 12.1. The molecule has 2 N–H and O–H groups in total. The van der Waals surface area contributed by atoms with Gasteiger partial charge in [0, 0.05) is 30.3 Å². The van der Waals surface area contributed by atoms with Crippen molar-refractivity contribution in [1.29, 1.82) is 0 Å². The van der Waals surface area contributed by atoms with Crippen molar-refractivity contribution in [2.24, 2.45) is 0 Å². The average molecular weight is 345 g/mol. The predicted molar refractivity (Wildman–Crippen MR) is 89.3 cm³/mol. The molecular formula is C14H18Cl2N4O2. The number of ether oxygens (including phenoxy) is 1. The second-order valence-corrected chi connectivity index (χ2v) is 4.59. The van der Waals surface area contributed by atoms with E-state index >= 15 is 0 Å². The van der Waals surface area contributed by atoms with Crippen molar-refractivity contribution in [1.82, 2.24) is 14.9 Å². The van der Waals surface area contributed by atoms with Gasteiger partial charge < -0.3 is 19.9 Å². The number of hydrogen-bond acceptors (Lipinski definition) is 4. The number of morpholine rings is 1. The van der Waals surface area contributed by atoms with Crippen molar-refractivity contribution in [3.8, 4) is 5.69 Å². The summed E-state index contributed by atoms with van der Waals surface area (Å²) in [5, 5.41) is 6.03. The molecule has 8 heteroatoms. The Morgan fingerprint density at radius 3 is 2.95 bits per heavy atom. The molecule has 1 atom stereocenters. The van der Waals surface area contributed by atoms with Crippen LogP contribution in [0.2, 0.25) is 0 Å². The maximum Gasteiger partial charge on any atom is 0.243 e. The zero-order chi connectivity index (χ0) is 13.8. The molecular weight excluding hydrogens is 327 g/mol. The quantitative estimate of drug-likeness (QED) is 0.888. The third-order valence-electron chi connectivity index (χ3n) is 3.15. The molecule has 0 saturated carbocycles. The van der Waals surface area contributed by atoms with Crippen LogP contribution >= 0.6 is 24.8 Å². The first-order chi connectivity index (χ1) is 9.83. The summed E-state index contributed by atoms with van der Waals surface area (Å²) in [5.74, 6) is -0.0764. The molecule has 22 heavy (non-hydrogen) atoms. The van der Waals surface area contributed by atoms with Crippen molar-refractivity contribution in [3.63, 3.8) is 0 Å². The van der Waals surface area contributed by atoms with E-state index in [1.54, 1.807) is 12.5 Å². The van der Waals surface area contributed by atoms with Crippen LogP contribution in [-0.4, -0.2) is 41.3 Å². The van der Waals surface area contributed by atoms with Gasteiger partial charge in [0.2, 0.25) is 5.91 Å². The number of nitrogens with one attached hydrogen (secondary N) is 2. The van der Waals surface area contributed by atoms with E-state index in [-0.39, 0.29) is 36.8 Å². The highest BCUT2D eigenvalue weighted by Gasteiger charge is 2.21. The topological polar surface area (TPSA) is 68.2 Å². The van der Waals surface area contributed by atoms with E-state index in [1.807, 2.05) is 35.0 Å². The summed E-state index contributed by atoms with van der Waals surface area (Å²) in [5.41, 5.74) is 1.71. The number of hydrogen-bond donors (Lipinski definition) is 2. The van der Waals surface area contributed by atoms with E-state index in [9.17, 15) is 4.79 Å². The fraction of sp³-hybridized carbons (Fsp3) is 0.286. The first-order valence-electron chi connectivity index (χ1n) is 6.53. The molecule has 1 unspecified atom stereocenters. The van der Waals surface area contributed by atoms with E-state index in [4.69, 9.17) is 4.74 Å². The minimum absolute atomic E-state index is 0. The van der Waals surface area contributed by atoms with Gasteiger partial charge in [-0.05, 0) is 18.2 Å². The fourth-order valence-corrected chi connectivity index (χ4v) is 2.12. The summed E-state index contributed by atoms with van der Waals surface area (Å²) >= 11 is 0. The fourth-order valence-electron chi connectivity index (χ4n) is 2.12. The lowest BCUT2D eigenvalue weighted by molar-refractivity contribution is -0.120. The molecule has 2 heterocycles. The lowest BCUT2D eigenvalue weighted by atomic mass is 10.2. The zero-order valence-corrected chi connectivity index (χ0v) is 13.4. The number of nitrogens with zero attached hydrogens (tertiary/aromatic N) is 2. The minimum Gasteiger partial charge on any atom is -0.378 e. The van der Waals surface area contributed by atoms with Gasteiger partial charge in [-0.3, -0.25) is 4.79 Å². The molecule has 3 rings (SSSR count). The number of anilines is 1. The van der Waals surface area contributed by atoms with Crippen LogP contribution in [0.25, 0.3) is 5.69 Å². The van der Waals surface area contributed by atoms with Crippen LogP contribution in [0.4, 0.5) is 5.69 Å². The van der Waals surface area contributed by atoms with Crippen LogP contribution < -0.4 is 10.6 Å². The monoisotopic (exact) mass is 344 g/mol. The number of benzene rings is 1. The molecule has 0 radical (unpaired) electrons. The Kier molecular flexibility index (Phi) is 7.34. The molecule has 1 saturated heterocycles. The molecule has 0 bridgehead atoms. The average Bonchev–Trinajstić information content (AvgIpc) is 3.03. The van der Waals surface area contributed by atoms with Gasteiger partial charge in [0.15, 0.2) is 0 Å². The maximum atomic E-state index is 12.1. The number of rotatable bonds is 3. The first-order valence-corrected chi connectivity index (χ1v) is 6.53. The van der Waals surface area contributed by atoms with Crippen LogP contribution in [0.5, 0.6) is 0 Å². The Labute approximate surface area is 141 Å². The Morgan fingerprint density at radius 2 is 2.27 bits per heavy atom. The number of halogens is 2. The molecule has 0 aliphatic carbocycles. The van der Waals surface area contributed by atoms with Crippen LogP contribution in [0.3, 0.4) is 0 Å². The molecule has 1 fully saturated rings. The number of carbonyl (C=O) groups is 1. The van der Waals surface area contributed by atoms with Gasteiger partial charge in [-0.15, -0.1) is 24.8 Å². The molecule has 1 aliphatic rings. The molecule has 1 aromatic carbocycles. The zero-order valence-electron chi connectivity index (χ0n) is 11.8. The van der Waals surface area contributed by atoms with Gasteiger partial charge >= 0.3 is 0 Å². The second kappa shape index (κ2) is 8.75. The lowest BCUT2D eigenvalue weighted by Crippen LogP contribution is -2.48. The van der Waals surface area contributed by atoms with E-state index in [0.29, 0.717) is 19.8 Å². The molecule has 2 aromatic rings. The summed E-state index contributed by atoms with van der Waals surface area (Å²) in [4.78, 5) is 16.1. The largest absolute Gasteiger partial charge is 0.378 e. The summed E-state index contributed by atoms with van der Waals surface area (Å²) in [7, 11) is 0. The first kappa shape index (κ1) is 18.4. The molecule has 0 spiro atoms. The highest BCUT2D eigenvalue weighted by molar-refractivity contribution is 5.95. The van der Waals surface area contributed by atoms with Crippen molar-refractivity contribution in [2.75, 3.05) is 25.1 Å². The van der Waals surface area contributed by atoms with Gasteiger partial charge in [0.05, 0.1) is 19.5 Å². The van der Waals surface area contributed by atoms with Crippen LogP contribution in [0, 0.1) is 0 Å². The van der Waals surface area contributed by atoms with Crippen molar-refractivity contribution < 1.29 is 9.53 Å². The van der Waals surface area contributed by atoms with E-state index in [2.05, 4.69) is 15.6 Å². The molecule has 1 aliphatic heterocycles. The normalized spacial score (nSPS) is 17.0. The van der Waals surface area contributed by atoms with E-state index in [1.165, 1.54) is 0 Å². The van der Waals surface area contributed by atoms with Crippen LogP contribution in [0.15, 0.2) is 43.0 Å². The standard InChI is InChI=1S/C14H16N4O2.2ClH/c19-14(13-9-20-7-5-16-13)17-11-2-1-3-12(8-11)18-6-4-15-10-18;;/h1-4,6,8,10,13,16H,5,7,9H2,(H,17,19);2*1H. The third-order valence-corrected chi connectivity index (χ3v) is 3.15. The highest BCUT2D eigenvalue weighted by Crippen LogP contribution is 2.14. The third kappa shape index (κ3) is 4.45. The Morgan fingerprint density at radius 1 is 1.41 bits per heavy atom. The van der Waals surface area contributed by atoms with Gasteiger partial charge in [0.1, 0.15) is 6.04 Å². The molecule has 120 valence electrons. The Hall–Kier alpha value is -1.60. The molecule has 1 amide bonds. The number of aromatic nitrogens is 2. The van der Waals surface area contributed by atoms with Gasteiger partial charge in [-0.25, -0.2) is 4.98 Å². The lowest BCUT2D eigenvalue weighted by Gasteiger charge is -2.23. The predicted octanol–water partition coefficient (Wildman–Crippen LogP) is 1.64. The Bertz CT molecular complexity index is 586. The smallest absolute Gasteiger partial charge is 0.243 e. The SMILES string of the molecule is Cl.Cl.O=C(Nc1cccc(-n2ccnc2)c1)C1COCCN1. The minimum atomic E-state index is -0.291. The van der Waals surface area contributed by atoms with Gasteiger partial charge in [-0.1, -0.05) is 6.07 Å². The van der Waals surface area contributed by atoms with E-state index < -0.39 is 0 Å². The number of imidazole rings is 1. The number of carbonyl (C=O) groups excluding carboxylic acids is 1.